The van der Waals surface area contributed by atoms with Crippen LogP contribution in [-0.2, 0) is 9.53 Å². The molecule has 0 radical (unpaired) electrons. The zero-order valence-corrected chi connectivity index (χ0v) is 6.17. The lowest BCUT2D eigenvalue weighted by molar-refractivity contribution is -0.148. The van der Waals surface area contributed by atoms with Gasteiger partial charge in [0.2, 0.25) is 0 Å². The summed E-state index contributed by atoms with van der Waals surface area (Å²) in [6.07, 6.45) is 5.60. The molecule has 0 bridgehead atoms. The molecule has 1 rings (SSSR count). The van der Waals surface area contributed by atoms with Crippen molar-refractivity contribution in [3.63, 3.8) is 0 Å². The molecule has 0 spiro atoms. The molecule has 1 heterocycles. The van der Waals surface area contributed by atoms with Crippen LogP contribution in [0.2, 0.25) is 0 Å². The zero-order valence-electron chi connectivity index (χ0n) is 6.17. The Morgan fingerprint density at radius 2 is 2.50 bits per heavy atom. The molecule has 0 aromatic rings. The Morgan fingerprint density at radius 3 is 3.10 bits per heavy atom. The highest BCUT2D eigenvalue weighted by atomic mass is 16.5. The van der Waals surface area contributed by atoms with Gasteiger partial charge in [0.15, 0.2) is 0 Å². The van der Waals surface area contributed by atoms with Crippen molar-refractivity contribution in [2.24, 2.45) is 5.92 Å². The first-order valence-electron chi connectivity index (χ1n) is 3.61. The smallest absolute Gasteiger partial charge is 0.306 e. The van der Waals surface area contributed by atoms with Crippen molar-refractivity contribution in [2.45, 2.75) is 19.8 Å². The van der Waals surface area contributed by atoms with Crippen LogP contribution in [0.3, 0.4) is 0 Å². The lowest BCUT2D eigenvalue weighted by atomic mass is 10.00. The maximum Gasteiger partial charge on any atom is 0.306 e. The van der Waals surface area contributed by atoms with Crippen LogP contribution in [0, 0.1) is 5.92 Å². The molecule has 56 valence electrons. The summed E-state index contributed by atoms with van der Waals surface area (Å²) >= 11 is 0. The minimum atomic E-state index is -0.0608. The number of esters is 1. The third-order valence-corrected chi connectivity index (χ3v) is 1.65. The number of rotatable bonds is 1. The van der Waals surface area contributed by atoms with E-state index in [0.29, 0.717) is 18.9 Å². The minimum Gasteiger partial charge on any atom is -0.466 e. The van der Waals surface area contributed by atoms with Crippen molar-refractivity contribution in [1.29, 1.82) is 0 Å². The first-order valence-corrected chi connectivity index (χ1v) is 3.61. The normalized spacial score (nSPS) is 26.9. The molecule has 0 N–H and O–H groups in total. The van der Waals surface area contributed by atoms with Crippen molar-refractivity contribution in [1.82, 2.24) is 0 Å². The Morgan fingerprint density at radius 1 is 1.70 bits per heavy atom. The van der Waals surface area contributed by atoms with Crippen LogP contribution in [0.15, 0.2) is 12.2 Å². The first kappa shape index (κ1) is 7.32. The van der Waals surface area contributed by atoms with E-state index in [1.165, 1.54) is 0 Å². The Hall–Kier alpha value is -0.790. The Kier molecular flexibility index (Phi) is 2.49. The quantitative estimate of drug-likeness (QED) is 0.407. The molecular weight excluding hydrogens is 128 g/mol. The fourth-order valence-corrected chi connectivity index (χ4v) is 1.14. The first-order chi connectivity index (χ1) is 4.83. The molecule has 0 saturated carbocycles. The second kappa shape index (κ2) is 3.40. The number of cyclic esters (lactones) is 1. The van der Waals surface area contributed by atoms with Gasteiger partial charge in [-0.15, -0.1) is 0 Å². The number of carbonyl (C=O) groups excluding carboxylic acids is 1. The SMILES string of the molecule is CC=CC1CCOC(=O)C1. The van der Waals surface area contributed by atoms with Gasteiger partial charge < -0.3 is 4.74 Å². The Balaban J connectivity index is 2.39. The van der Waals surface area contributed by atoms with Crippen LogP contribution in [0.4, 0.5) is 0 Å². The largest absolute Gasteiger partial charge is 0.466 e. The molecule has 0 aromatic carbocycles. The molecule has 0 amide bonds. The van der Waals surface area contributed by atoms with Crippen molar-refractivity contribution < 1.29 is 9.53 Å². The van der Waals surface area contributed by atoms with Gasteiger partial charge in [0.1, 0.15) is 0 Å². The van der Waals surface area contributed by atoms with E-state index < -0.39 is 0 Å². The van der Waals surface area contributed by atoms with E-state index in [1.807, 2.05) is 13.0 Å². The third kappa shape index (κ3) is 1.87. The van der Waals surface area contributed by atoms with Gasteiger partial charge in [-0.1, -0.05) is 12.2 Å². The molecule has 0 aromatic heterocycles. The van der Waals surface area contributed by atoms with Gasteiger partial charge in [-0.25, -0.2) is 0 Å². The van der Waals surface area contributed by atoms with Crippen LogP contribution >= 0.6 is 0 Å². The number of carbonyl (C=O) groups is 1. The van der Waals surface area contributed by atoms with Crippen LogP contribution in [0.25, 0.3) is 0 Å². The highest BCUT2D eigenvalue weighted by molar-refractivity contribution is 5.70. The van der Waals surface area contributed by atoms with Gasteiger partial charge in [-0.2, -0.15) is 0 Å². The van der Waals surface area contributed by atoms with Gasteiger partial charge in [0.05, 0.1) is 13.0 Å². The number of hydrogen-bond acceptors (Lipinski definition) is 2. The Labute approximate surface area is 60.9 Å². The van der Waals surface area contributed by atoms with Crippen molar-refractivity contribution in [2.75, 3.05) is 6.61 Å². The van der Waals surface area contributed by atoms with Crippen LogP contribution in [0.1, 0.15) is 19.8 Å². The predicted molar refractivity (Wildman–Crippen MR) is 38.5 cm³/mol. The fourth-order valence-electron chi connectivity index (χ4n) is 1.14. The molecular formula is C8H12O2. The summed E-state index contributed by atoms with van der Waals surface area (Å²) < 4.78 is 4.78. The molecule has 1 fully saturated rings. The maximum absolute atomic E-state index is 10.7. The second-order valence-electron chi connectivity index (χ2n) is 2.50. The summed E-state index contributed by atoms with van der Waals surface area (Å²) in [4.78, 5) is 10.7. The molecule has 2 nitrogen and oxygen atoms in total. The average Bonchev–Trinajstić information content (AvgIpc) is 1.88. The monoisotopic (exact) mass is 140 g/mol. The van der Waals surface area contributed by atoms with Gasteiger partial charge >= 0.3 is 5.97 Å². The molecule has 1 aliphatic heterocycles. The fraction of sp³-hybridized carbons (Fsp3) is 0.625. The lowest BCUT2D eigenvalue weighted by Gasteiger charge is -2.17. The number of ether oxygens (including phenoxy) is 1. The summed E-state index contributed by atoms with van der Waals surface area (Å²) in [6.45, 7) is 2.56. The summed E-state index contributed by atoms with van der Waals surface area (Å²) in [5.74, 6) is 0.362. The average molecular weight is 140 g/mol. The second-order valence-corrected chi connectivity index (χ2v) is 2.50. The van der Waals surface area contributed by atoms with Crippen molar-refractivity contribution in [3.05, 3.63) is 12.2 Å². The van der Waals surface area contributed by atoms with E-state index in [0.717, 1.165) is 6.42 Å². The van der Waals surface area contributed by atoms with Gasteiger partial charge in [-0.3, -0.25) is 4.79 Å². The number of allylic oxidation sites excluding steroid dienone is 2. The lowest BCUT2D eigenvalue weighted by Crippen LogP contribution is -2.19. The summed E-state index contributed by atoms with van der Waals surface area (Å²) in [5.41, 5.74) is 0. The summed E-state index contributed by atoms with van der Waals surface area (Å²) in [5, 5.41) is 0. The van der Waals surface area contributed by atoms with Crippen LogP contribution in [-0.4, -0.2) is 12.6 Å². The van der Waals surface area contributed by atoms with Gasteiger partial charge in [0.25, 0.3) is 0 Å². The molecule has 0 aliphatic carbocycles. The molecule has 2 heteroatoms. The van der Waals surface area contributed by atoms with E-state index in [-0.39, 0.29) is 5.97 Å². The van der Waals surface area contributed by atoms with Gasteiger partial charge in [-0.05, 0) is 19.3 Å². The van der Waals surface area contributed by atoms with Crippen LogP contribution in [0.5, 0.6) is 0 Å². The highest BCUT2D eigenvalue weighted by Gasteiger charge is 2.17. The van der Waals surface area contributed by atoms with E-state index in [4.69, 9.17) is 4.74 Å². The molecule has 1 unspecified atom stereocenters. The van der Waals surface area contributed by atoms with Crippen molar-refractivity contribution >= 4 is 5.97 Å². The van der Waals surface area contributed by atoms with Crippen molar-refractivity contribution in [3.8, 4) is 0 Å². The van der Waals surface area contributed by atoms with Gasteiger partial charge in [0, 0.05) is 0 Å². The zero-order chi connectivity index (χ0) is 7.40. The standard InChI is InChI=1S/C8H12O2/c1-2-3-7-4-5-10-8(9)6-7/h2-3,7H,4-6H2,1H3. The number of hydrogen-bond donors (Lipinski definition) is 0. The maximum atomic E-state index is 10.7. The molecule has 1 atom stereocenters. The molecule has 1 aliphatic rings. The molecule has 10 heavy (non-hydrogen) atoms. The third-order valence-electron chi connectivity index (χ3n) is 1.65. The topological polar surface area (TPSA) is 26.3 Å². The minimum absolute atomic E-state index is 0.0608. The summed E-state index contributed by atoms with van der Waals surface area (Å²) in [7, 11) is 0. The van der Waals surface area contributed by atoms with E-state index in [2.05, 4.69) is 6.08 Å². The Bertz CT molecular complexity index is 149. The van der Waals surface area contributed by atoms with Crippen LogP contribution < -0.4 is 0 Å². The van der Waals surface area contributed by atoms with E-state index >= 15 is 0 Å². The summed E-state index contributed by atoms with van der Waals surface area (Å²) in [6, 6.07) is 0. The van der Waals surface area contributed by atoms with E-state index in [9.17, 15) is 4.79 Å². The predicted octanol–water partition coefficient (Wildman–Crippen LogP) is 1.52. The van der Waals surface area contributed by atoms with E-state index in [1.54, 1.807) is 0 Å². The highest BCUT2D eigenvalue weighted by Crippen LogP contribution is 2.16. The molecule has 1 saturated heterocycles.